The number of rotatable bonds is 9. The molecular weight excluding hydrogens is 547 g/mol. The van der Waals surface area contributed by atoms with E-state index in [1.165, 1.54) is 18.5 Å². The third-order valence-corrected chi connectivity index (χ3v) is 9.77. The topological polar surface area (TPSA) is 109 Å². The summed E-state index contributed by atoms with van der Waals surface area (Å²) < 4.78 is 20.9. The fourth-order valence-corrected chi connectivity index (χ4v) is 7.73. The summed E-state index contributed by atoms with van der Waals surface area (Å²) in [6, 6.07) is 5.37. The van der Waals surface area contributed by atoms with E-state index >= 15 is 0 Å². The number of hydrogen-bond donors (Lipinski definition) is 1. The Kier molecular flexibility index (Phi) is 7.23. The smallest absolute Gasteiger partial charge is 0.282 e. The molecule has 2 aliphatic carbocycles. The number of carbonyl (C=O) groups is 1. The lowest BCUT2D eigenvalue weighted by atomic mass is 9.68. The highest BCUT2D eigenvalue weighted by molar-refractivity contribution is 5.74. The summed E-state index contributed by atoms with van der Waals surface area (Å²) in [5.41, 5.74) is 2.72. The second kappa shape index (κ2) is 11.1. The van der Waals surface area contributed by atoms with Gasteiger partial charge in [-0.3, -0.25) is 9.69 Å². The minimum Gasteiger partial charge on any atom is -0.434 e. The highest BCUT2D eigenvalue weighted by atomic mass is 19.1. The van der Waals surface area contributed by atoms with Crippen LogP contribution in [0.4, 0.5) is 10.2 Å². The number of nitrogens with zero attached hydrogens (tertiary/aromatic N) is 7. The van der Waals surface area contributed by atoms with Crippen LogP contribution in [-0.4, -0.2) is 74.4 Å². The molecule has 1 N–H and O–H groups in total. The summed E-state index contributed by atoms with van der Waals surface area (Å²) in [7, 11) is 0. The zero-order valence-corrected chi connectivity index (χ0v) is 25.0. The van der Waals surface area contributed by atoms with Crippen LogP contribution in [0.15, 0.2) is 36.9 Å². The van der Waals surface area contributed by atoms with Crippen LogP contribution < -0.4 is 15.0 Å². The molecule has 3 aromatic rings. The molecule has 4 heterocycles. The van der Waals surface area contributed by atoms with Gasteiger partial charge in [0.15, 0.2) is 5.82 Å². The van der Waals surface area contributed by atoms with Crippen LogP contribution in [0, 0.1) is 23.1 Å². The van der Waals surface area contributed by atoms with Crippen molar-refractivity contribution in [2.45, 2.75) is 70.9 Å². The summed E-state index contributed by atoms with van der Waals surface area (Å²) in [6.45, 7) is 10.1. The Bertz CT molecular complexity index is 1500. The second-order valence-corrected chi connectivity index (χ2v) is 13.4. The van der Waals surface area contributed by atoms with Gasteiger partial charge in [-0.25, -0.2) is 9.37 Å². The van der Waals surface area contributed by atoms with Gasteiger partial charge < -0.3 is 15.0 Å². The number of amides is 1. The Hall–Kier alpha value is -3.73. The number of likely N-dealkylation sites (tertiary alicyclic amines) is 1. The summed E-state index contributed by atoms with van der Waals surface area (Å²) >= 11 is 0. The monoisotopic (exact) mass is 586 g/mol. The van der Waals surface area contributed by atoms with Crippen molar-refractivity contribution in [3.8, 4) is 22.8 Å². The molecule has 10 nitrogen and oxygen atoms in total. The molecule has 4 aliphatic rings. The van der Waals surface area contributed by atoms with Gasteiger partial charge in [0.2, 0.25) is 5.91 Å². The summed E-state index contributed by atoms with van der Waals surface area (Å²) in [4.78, 5) is 21.0. The average Bonchev–Trinajstić information content (AvgIpc) is 3.70. The van der Waals surface area contributed by atoms with Crippen LogP contribution in [0.3, 0.4) is 0 Å². The molecule has 2 aromatic heterocycles. The lowest BCUT2D eigenvalue weighted by Crippen LogP contribution is -2.65. The molecule has 11 heteroatoms. The molecule has 1 atom stereocenters. The molecule has 226 valence electrons. The Balaban J connectivity index is 1.06. The number of hydrogen-bond acceptors (Lipinski definition) is 9. The number of ether oxygens (including phenoxy) is 1. The molecule has 0 radical (unpaired) electrons. The number of benzene rings is 1. The van der Waals surface area contributed by atoms with Gasteiger partial charge >= 0.3 is 0 Å². The minimum atomic E-state index is -0.346. The van der Waals surface area contributed by atoms with E-state index in [-0.39, 0.29) is 17.1 Å². The summed E-state index contributed by atoms with van der Waals surface area (Å²) in [5, 5.41) is 19.6. The van der Waals surface area contributed by atoms with Crippen molar-refractivity contribution in [3.63, 3.8) is 0 Å². The van der Waals surface area contributed by atoms with Crippen molar-refractivity contribution in [3.05, 3.63) is 48.3 Å². The first-order chi connectivity index (χ1) is 20.8. The third kappa shape index (κ3) is 5.55. The minimum absolute atomic E-state index is 0.0640. The molecule has 7 rings (SSSR count). The fraction of sp³-hybridized carbons (Fsp3) is 0.562. The second-order valence-electron chi connectivity index (χ2n) is 13.4. The first kappa shape index (κ1) is 28.1. The molecule has 1 unspecified atom stereocenters. The van der Waals surface area contributed by atoms with Crippen molar-refractivity contribution >= 4 is 11.7 Å². The van der Waals surface area contributed by atoms with Crippen LogP contribution in [-0.2, 0) is 4.79 Å². The van der Waals surface area contributed by atoms with Crippen molar-refractivity contribution in [1.82, 2.24) is 35.6 Å². The highest BCUT2D eigenvalue weighted by Gasteiger charge is 2.53. The van der Waals surface area contributed by atoms with Gasteiger partial charge in [-0.15, -0.1) is 10.2 Å². The van der Waals surface area contributed by atoms with Crippen LogP contribution in [0.1, 0.15) is 64.4 Å². The fourth-order valence-electron chi connectivity index (χ4n) is 7.73. The highest BCUT2D eigenvalue weighted by Crippen LogP contribution is 2.48. The molecule has 2 saturated carbocycles. The summed E-state index contributed by atoms with van der Waals surface area (Å²) in [5.74, 6) is 2.78. The Morgan fingerprint density at radius 3 is 2.63 bits per heavy atom. The van der Waals surface area contributed by atoms with Gasteiger partial charge in [0, 0.05) is 61.7 Å². The molecule has 1 amide bonds. The Labute approximate surface area is 251 Å². The molecule has 1 spiro atoms. The van der Waals surface area contributed by atoms with Crippen LogP contribution in [0.2, 0.25) is 0 Å². The first-order valence-electron chi connectivity index (χ1n) is 15.5. The van der Waals surface area contributed by atoms with Crippen molar-refractivity contribution in [2.75, 3.05) is 31.1 Å². The molecule has 2 saturated heterocycles. The van der Waals surface area contributed by atoms with E-state index in [4.69, 9.17) is 4.74 Å². The lowest BCUT2D eigenvalue weighted by molar-refractivity contribution is -0.121. The average molecular weight is 587 g/mol. The molecule has 1 aromatic carbocycles. The number of aromatic nitrogens is 5. The van der Waals surface area contributed by atoms with E-state index in [2.05, 4.69) is 54.3 Å². The van der Waals surface area contributed by atoms with Crippen molar-refractivity contribution in [1.29, 1.82) is 0 Å². The normalized spacial score (nSPS) is 23.6. The molecule has 4 fully saturated rings. The molecular formula is C32H39FN8O2. The number of carbonyl (C=O) groups excluding carboxylic acids is 1. The largest absolute Gasteiger partial charge is 0.434 e. The quantitative estimate of drug-likeness (QED) is 0.385. The van der Waals surface area contributed by atoms with Gasteiger partial charge in [-0.05, 0) is 73.6 Å². The van der Waals surface area contributed by atoms with E-state index in [1.54, 1.807) is 25.4 Å². The standard InChI is InChI=1S/C32H39FN8O2/c1-19(2)29(22-10-24(11-22)38-20(3)42)41-16-32(17-41)8-9-40(15-32)30-31(39-37-18-34-30)43-28-7-6-23(33)12-25(28)27-14-36-35-13-26(27)21-4-5-21/h6-7,12-14,18-19,21-22,24,29H,4-5,8-11,15-17H2,1-3H3,(H,38,42). The van der Waals surface area contributed by atoms with E-state index in [1.807, 2.05) is 0 Å². The SMILES string of the molecule is CC(=O)NC1CC(C(C(C)C)N2CC3(CCN(c4ncnnc4Oc4ccc(F)cc4-c4cnncc4C4CC4)C3)C2)C1. The van der Waals surface area contributed by atoms with E-state index < -0.39 is 0 Å². The van der Waals surface area contributed by atoms with Gasteiger partial charge in [-0.2, -0.15) is 10.2 Å². The number of halogens is 1. The predicted molar refractivity (Wildman–Crippen MR) is 159 cm³/mol. The van der Waals surface area contributed by atoms with Gasteiger partial charge in [0.1, 0.15) is 17.9 Å². The van der Waals surface area contributed by atoms with Crippen LogP contribution in [0.25, 0.3) is 11.1 Å². The zero-order valence-electron chi connectivity index (χ0n) is 25.0. The predicted octanol–water partition coefficient (Wildman–Crippen LogP) is 4.59. The zero-order chi connectivity index (χ0) is 29.7. The van der Waals surface area contributed by atoms with E-state index in [0.717, 1.165) is 69.4 Å². The van der Waals surface area contributed by atoms with Crippen LogP contribution in [0.5, 0.6) is 11.6 Å². The Morgan fingerprint density at radius 1 is 1.09 bits per heavy atom. The van der Waals surface area contributed by atoms with Crippen LogP contribution >= 0.6 is 0 Å². The first-order valence-corrected chi connectivity index (χ1v) is 15.5. The van der Waals surface area contributed by atoms with Gasteiger partial charge in [0.25, 0.3) is 5.88 Å². The van der Waals surface area contributed by atoms with E-state index in [9.17, 15) is 9.18 Å². The number of anilines is 1. The summed E-state index contributed by atoms with van der Waals surface area (Å²) in [6.07, 6.45) is 10.3. The maximum atomic E-state index is 14.5. The molecule has 2 aliphatic heterocycles. The maximum absolute atomic E-state index is 14.5. The third-order valence-electron chi connectivity index (χ3n) is 9.77. The molecule has 43 heavy (non-hydrogen) atoms. The van der Waals surface area contributed by atoms with E-state index in [0.29, 0.717) is 52.8 Å². The van der Waals surface area contributed by atoms with Gasteiger partial charge in [0.05, 0.1) is 12.4 Å². The Morgan fingerprint density at radius 2 is 1.88 bits per heavy atom. The number of nitrogens with one attached hydrogen (secondary N) is 1. The van der Waals surface area contributed by atoms with Crippen molar-refractivity contribution < 1.29 is 13.9 Å². The van der Waals surface area contributed by atoms with Gasteiger partial charge in [-0.1, -0.05) is 13.8 Å². The lowest BCUT2D eigenvalue weighted by Gasteiger charge is -2.57. The van der Waals surface area contributed by atoms with Crippen molar-refractivity contribution in [2.24, 2.45) is 17.3 Å². The molecule has 0 bridgehead atoms. The maximum Gasteiger partial charge on any atom is 0.282 e.